The van der Waals surface area contributed by atoms with E-state index in [-0.39, 0.29) is 17.4 Å². The molecular formula is C17H14F3N3O2. The first-order valence-corrected chi connectivity index (χ1v) is 7.47. The summed E-state index contributed by atoms with van der Waals surface area (Å²) in [5.41, 5.74) is 1.92. The normalized spacial score (nSPS) is 13.0. The van der Waals surface area contributed by atoms with Crippen molar-refractivity contribution < 1.29 is 17.7 Å². The van der Waals surface area contributed by atoms with Crippen molar-refractivity contribution in [2.45, 2.75) is 26.1 Å². The van der Waals surface area contributed by atoms with E-state index in [2.05, 4.69) is 14.7 Å². The second-order valence-corrected chi connectivity index (χ2v) is 5.59. The first kappa shape index (κ1) is 16.9. The van der Waals surface area contributed by atoms with Gasteiger partial charge in [-0.2, -0.15) is 18.2 Å². The fourth-order valence-corrected chi connectivity index (χ4v) is 2.62. The van der Waals surface area contributed by atoms with Crippen LogP contribution in [0.3, 0.4) is 0 Å². The number of hydrogen-bond acceptors (Lipinski definition) is 4. The Labute approximate surface area is 140 Å². The van der Waals surface area contributed by atoms with E-state index >= 15 is 0 Å². The zero-order chi connectivity index (χ0) is 18.2. The molecule has 0 radical (unpaired) electrons. The molecule has 130 valence electrons. The fourth-order valence-electron chi connectivity index (χ4n) is 2.62. The lowest BCUT2D eigenvalue weighted by atomic mass is 10.0. The van der Waals surface area contributed by atoms with Crippen LogP contribution in [0.4, 0.5) is 13.2 Å². The quantitative estimate of drug-likeness (QED) is 0.721. The van der Waals surface area contributed by atoms with Crippen LogP contribution >= 0.6 is 0 Å². The summed E-state index contributed by atoms with van der Waals surface area (Å²) in [6.45, 7) is 3.71. The molecule has 1 atom stereocenters. The summed E-state index contributed by atoms with van der Waals surface area (Å²) in [6.07, 6.45) is -4.67. The largest absolute Gasteiger partial charge is 0.471 e. The highest BCUT2D eigenvalue weighted by atomic mass is 19.4. The summed E-state index contributed by atoms with van der Waals surface area (Å²) in [7, 11) is 0. The predicted octanol–water partition coefficient (Wildman–Crippen LogP) is 3.83. The molecule has 0 saturated carbocycles. The minimum absolute atomic E-state index is 0.121. The van der Waals surface area contributed by atoms with Crippen molar-refractivity contribution in [3.8, 4) is 11.4 Å². The molecule has 0 bridgehead atoms. The van der Waals surface area contributed by atoms with E-state index in [1.807, 2.05) is 19.9 Å². The van der Waals surface area contributed by atoms with E-state index < -0.39 is 12.1 Å². The molecule has 25 heavy (non-hydrogen) atoms. The van der Waals surface area contributed by atoms with Gasteiger partial charge in [0.2, 0.25) is 5.82 Å². The van der Waals surface area contributed by atoms with Crippen molar-refractivity contribution >= 4 is 0 Å². The van der Waals surface area contributed by atoms with Crippen molar-refractivity contribution in [3.63, 3.8) is 0 Å². The van der Waals surface area contributed by atoms with Crippen LogP contribution in [0.5, 0.6) is 0 Å². The number of nitrogens with zero attached hydrogens (tertiary/aromatic N) is 3. The van der Waals surface area contributed by atoms with Crippen molar-refractivity contribution in [3.05, 3.63) is 70.0 Å². The lowest BCUT2D eigenvalue weighted by molar-refractivity contribution is -0.159. The van der Waals surface area contributed by atoms with Gasteiger partial charge in [-0.3, -0.25) is 4.79 Å². The molecule has 2 aromatic heterocycles. The van der Waals surface area contributed by atoms with Crippen molar-refractivity contribution in [2.24, 2.45) is 0 Å². The molecule has 0 aliphatic heterocycles. The van der Waals surface area contributed by atoms with Gasteiger partial charge in [0.05, 0.1) is 6.04 Å². The summed E-state index contributed by atoms with van der Waals surface area (Å²) in [4.78, 5) is 15.4. The Morgan fingerprint density at radius 3 is 2.36 bits per heavy atom. The molecule has 0 aliphatic carbocycles. The number of aromatic nitrogens is 3. The predicted molar refractivity (Wildman–Crippen MR) is 84.0 cm³/mol. The molecule has 0 spiro atoms. The average Bonchev–Trinajstić information content (AvgIpc) is 3.05. The summed E-state index contributed by atoms with van der Waals surface area (Å²) in [5, 5.41) is 3.35. The van der Waals surface area contributed by atoms with Gasteiger partial charge >= 0.3 is 12.1 Å². The lowest BCUT2D eigenvalue weighted by Crippen LogP contribution is -2.24. The second-order valence-electron chi connectivity index (χ2n) is 5.59. The zero-order valence-electron chi connectivity index (χ0n) is 13.4. The minimum Gasteiger partial charge on any atom is -0.329 e. The molecule has 2 heterocycles. The molecule has 5 nitrogen and oxygen atoms in total. The first-order valence-electron chi connectivity index (χ1n) is 7.47. The van der Waals surface area contributed by atoms with Gasteiger partial charge in [0.1, 0.15) is 0 Å². The van der Waals surface area contributed by atoms with Crippen molar-refractivity contribution in [1.82, 2.24) is 14.7 Å². The summed E-state index contributed by atoms with van der Waals surface area (Å²) in [6, 6.07) is 11.4. The van der Waals surface area contributed by atoms with Crippen LogP contribution in [-0.4, -0.2) is 14.7 Å². The van der Waals surface area contributed by atoms with Crippen LogP contribution in [0, 0.1) is 6.92 Å². The highest BCUT2D eigenvalue weighted by Crippen LogP contribution is 2.29. The Balaban J connectivity index is 1.90. The van der Waals surface area contributed by atoms with Gasteiger partial charge in [-0.25, -0.2) is 0 Å². The molecule has 0 saturated heterocycles. The Hall–Kier alpha value is -2.90. The smallest absolute Gasteiger partial charge is 0.329 e. The topological polar surface area (TPSA) is 60.9 Å². The van der Waals surface area contributed by atoms with Crippen LogP contribution in [0.15, 0.2) is 51.8 Å². The van der Waals surface area contributed by atoms with E-state index in [4.69, 9.17) is 0 Å². The molecule has 3 aromatic rings. The molecule has 0 aliphatic rings. The number of halogens is 3. The Kier molecular flexibility index (Phi) is 4.20. The number of aryl methyl sites for hydroxylation is 1. The van der Waals surface area contributed by atoms with Crippen LogP contribution < -0.4 is 5.56 Å². The van der Waals surface area contributed by atoms with E-state index in [0.717, 1.165) is 11.3 Å². The molecule has 1 unspecified atom stereocenters. The maximum Gasteiger partial charge on any atom is 0.471 e. The van der Waals surface area contributed by atoms with Gasteiger partial charge in [0, 0.05) is 17.3 Å². The maximum atomic E-state index is 12.5. The number of pyridine rings is 1. The second kappa shape index (κ2) is 6.19. The van der Waals surface area contributed by atoms with E-state index in [1.165, 1.54) is 6.07 Å². The van der Waals surface area contributed by atoms with Crippen molar-refractivity contribution in [1.29, 1.82) is 0 Å². The number of hydrogen-bond donors (Lipinski definition) is 0. The third-order valence-corrected chi connectivity index (χ3v) is 3.90. The minimum atomic E-state index is -4.67. The third-order valence-electron chi connectivity index (χ3n) is 3.90. The SMILES string of the molecule is Cc1cccc(=O)n1C(C)c1ccc(-c2noc(C(F)(F)F)n2)cc1. The highest BCUT2D eigenvalue weighted by Gasteiger charge is 2.38. The van der Waals surface area contributed by atoms with Crippen molar-refractivity contribution in [2.75, 3.05) is 0 Å². The summed E-state index contributed by atoms with van der Waals surface area (Å²) in [5.74, 6) is -1.52. The van der Waals surface area contributed by atoms with Crippen LogP contribution in [-0.2, 0) is 6.18 Å². The molecular weight excluding hydrogens is 335 g/mol. The Morgan fingerprint density at radius 2 is 1.80 bits per heavy atom. The summed E-state index contributed by atoms with van der Waals surface area (Å²) < 4.78 is 43.4. The molecule has 1 aromatic carbocycles. The fraction of sp³-hybridized carbons (Fsp3) is 0.235. The molecule has 0 amide bonds. The molecule has 3 rings (SSSR count). The highest BCUT2D eigenvalue weighted by molar-refractivity contribution is 5.55. The van der Waals surface area contributed by atoms with Gasteiger partial charge in [0.25, 0.3) is 5.56 Å². The molecule has 8 heteroatoms. The van der Waals surface area contributed by atoms with Gasteiger partial charge in [-0.05, 0) is 25.5 Å². The summed E-state index contributed by atoms with van der Waals surface area (Å²) >= 11 is 0. The number of rotatable bonds is 3. The lowest BCUT2D eigenvalue weighted by Gasteiger charge is -2.18. The average molecular weight is 349 g/mol. The van der Waals surface area contributed by atoms with Crippen LogP contribution in [0.1, 0.15) is 30.1 Å². The third kappa shape index (κ3) is 3.33. The number of benzene rings is 1. The maximum absolute atomic E-state index is 12.5. The van der Waals surface area contributed by atoms with E-state index in [9.17, 15) is 18.0 Å². The van der Waals surface area contributed by atoms with Gasteiger partial charge in [0.15, 0.2) is 0 Å². The van der Waals surface area contributed by atoms with Gasteiger partial charge in [-0.1, -0.05) is 35.5 Å². The van der Waals surface area contributed by atoms with E-state index in [0.29, 0.717) is 5.56 Å². The van der Waals surface area contributed by atoms with Gasteiger partial charge in [-0.15, -0.1) is 0 Å². The van der Waals surface area contributed by atoms with E-state index in [1.54, 1.807) is 34.9 Å². The zero-order valence-corrected chi connectivity index (χ0v) is 13.4. The monoisotopic (exact) mass is 349 g/mol. The van der Waals surface area contributed by atoms with Gasteiger partial charge < -0.3 is 9.09 Å². The standard InChI is InChI=1S/C17H14F3N3O2/c1-10-4-3-5-14(24)23(10)11(2)12-6-8-13(9-7-12)15-21-16(25-22-15)17(18,19)20/h3-9,11H,1-2H3. The van der Waals surface area contributed by atoms with Crippen LogP contribution in [0.2, 0.25) is 0 Å². The first-order chi connectivity index (χ1) is 11.8. The Bertz CT molecular complexity index is 943. The number of alkyl halides is 3. The molecule has 0 N–H and O–H groups in total. The van der Waals surface area contributed by atoms with Crippen LogP contribution in [0.25, 0.3) is 11.4 Å². The molecule has 0 fully saturated rings. The Morgan fingerprint density at radius 1 is 1.12 bits per heavy atom.